The Kier molecular flexibility index (Phi) is 7.30. The highest BCUT2D eigenvalue weighted by atomic mass is 28.4. The minimum absolute atomic E-state index is 0.138. The number of esters is 1. The number of carbonyl (C=O) groups is 1. The van der Waals surface area contributed by atoms with Crippen LogP contribution in [-0.2, 0) is 18.4 Å². The van der Waals surface area contributed by atoms with Crippen molar-refractivity contribution in [1.29, 1.82) is 0 Å². The average Bonchev–Trinajstić information content (AvgIpc) is 2.12. The van der Waals surface area contributed by atoms with Crippen molar-refractivity contribution in [2.75, 3.05) is 6.23 Å². The van der Waals surface area contributed by atoms with Crippen molar-refractivity contribution in [3.05, 3.63) is 12.7 Å². The Labute approximate surface area is 115 Å². The van der Waals surface area contributed by atoms with Gasteiger partial charge in [-0.1, -0.05) is 6.58 Å². The van der Waals surface area contributed by atoms with E-state index in [-0.39, 0.29) is 11.9 Å². The molecule has 0 spiro atoms. The molecule has 0 aromatic rings. The first-order valence-corrected chi connectivity index (χ1v) is 14.8. The molecule has 0 saturated heterocycles. The third-order valence-electron chi connectivity index (χ3n) is 1.73. The fourth-order valence-electron chi connectivity index (χ4n) is 1.25. The zero-order valence-electron chi connectivity index (χ0n) is 12.4. The Hall–Kier alpha value is -0.219. The molecular formula is C11H26O4Si3. The second-order valence-corrected chi connectivity index (χ2v) is 16.6. The number of rotatable bonds is 8. The van der Waals surface area contributed by atoms with Crippen LogP contribution in [0.15, 0.2) is 12.7 Å². The van der Waals surface area contributed by atoms with Gasteiger partial charge in [-0.2, -0.15) is 0 Å². The molecule has 0 aromatic heterocycles. The summed E-state index contributed by atoms with van der Waals surface area (Å²) in [7, 11) is -4.02. The van der Waals surface area contributed by atoms with Gasteiger partial charge in [-0.3, -0.25) is 0 Å². The second-order valence-electron chi connectivity index (χ2n) is 6.05. The van der Waals surface area contributed by atoms with Gasteiger partial charge in [0.1, 0.15) is 15.4 Å². The van der Waals surface area contributed by atoms with Gasteiger partial charge >= 0.3 is 5.97 Å². The van der Waals surface area contributed by atoms with E-state index in [4.69, 9.17) is 13.6 Å². The minimum Gasteiger partial charge on any atom is -0.467 e. The van der Waals surface area contributed by atoms with E-state index in [1.807, 2.05) is 0 Å². The molecule has 0 aliphatic heterocycles. The van der Waals surface area contributed by atoms with E-state index >= 15 is 0 Å². The van der Waals surface area contributed by atoms with Crippen LogP contribution in [0.5, 0.6) is 0 Å². The fourth-order valence-corrected chi connectivity index (χ4v) is 7.47. The summed E-state index contributed by atoms with van der Waals surface area (Å²) >= 11 is 0. The number of carbonyl (C=O) groups excluding carboxylic acids is 1. The monoisotopic (exact) mass is 306 g/mol. The minimum atomic E-state index is -1.63. The Balaban J connectivity index is 4.30. The molecule has 0 N–H and O–H groups in total. The summed E-state index contributed by atoms with van der Waals surface area (Å²) in [4.78, 5) is 11.0. The highest BCUT2D eigenvalue weighted by Gasteiger charge is 2.27. The number of hydrogen-bond donors (Lipinski definition) is 0. The number of ether oxygens (including phenoxy) is 1. The lowest BCUT2D eigenvalue weighted by molar-refractivity contribution is -0.135. The van der Waals surface area contributed by atoms with Gasteiger partial charge in [0.25, 0.3) is 0 Å². The van der Waals surface area contributed by atoms with Crippen LogP contribution in [0.25, 0.3) is 0 Å². The lowest BCUT2D eigenvalue weighted by Gasteiger charge is -2.31. The summed E-state index contributed by atoms with van der Waals surface area (Å²) in [6.45, 7) is 16.2. The van der Waals surface area contributed by atoms with Gasteiger partial charge in [0.2, 0.25) is 0 Å². The molecule has 0 aliphatic carbocycles. The lowest BCUT2D eigenvalue weighted by Crippen LogP contribution is -2.44. The molecule has 0 aliphatic rings. The van der Waals surface area contributed by atoms with E-state index in [0.717, 1.165) is 0 Å². The van der Waals surface area contributed by atoms with Gasteiger partial charge < -0.3 is 13.6 Å². The van der Waals surface area contributed by atoms with Crippen LogP contribution >= 0.6 is 0 Å². The first-order chi connectivity index (χ1) is 8.03. The Bertz CT molecular complexity index is 265. The molecular weight excluding hydrogens is 280 g/mol. The summed E-state index contributed by atoms with van der Waals surface area (Å²) in [5.41, 5.74) is 0. The quantitative estimate of drug-likeness (QED) is 0.297. The van der Waals surface area contributed by atoms with Crippen LogP contribution in [0, 0.1) is 0 Å². The Morgan fingerprint density at radius 1 is 1.17 bits per heavy atom. The summed E-state index contributed by atoms with van der Waals surface area (Å²) in [6.07, 6.45) is 1.62. The molecule has 0 heterocycles. The normalized spacial score (nSPS) is 13.3. The van der Waals surface area contributed by atoms with Crippen molar-refractivity contribution in [1.82, 2.24) is 0 Å². The first kappa shape index (κ1) is 17.8. The lowest BCUT2D eigenvalue weighted by atomic mass is 10.7. The molecule has 4 nitrogen and oxygen atoms in total. The summed E-state index contributed by atoms with van der Waals surface area (Å²) in [6, 6.07) is 0. The first-order valence-electron chi connectivity index (χ1n) is 6.18. The molecule has 0 rings (SSSR count). The molecule has 0 aromatic carbocycles. The third-order valence-corrected chi connectivity index (χ3v) is 5.59. The molecule has 0 atom stereocenters. The van der Waals surface area contributed by atoms with E-state index in [1.54, 1.807) is 0 Å². The van der Waals surface area contributed by atoms with E-state index in [1.165, 1.54) is 6.08 Å². The summed E-state index contributed by atoms with van der Waals surface area (Å²) < 4.78 is 17.1. The smallest absolute Gasteiger partial charge is 0.329 e. The zero-order valence-corrected chi connectivity index (χ0v) is 15.8. The second kappa shape index (κ2) is 7.39. The molecule has 0 amide bonds. The SMILES string of the molecule is C=CC(=O)OC[SiH2]C(O[Si](C)(C)C)O[Si](C)(C)C. The standard InChI is InChI=1S/C11H26O4Si3/c1-8-10(12)13-9-16-11(14-17(2,3)4)15-18(5,6)7/h8,11H,1,9,16H2,2-7H3. The summed E-state index contributed by atoms with van der Waals surface area (Å²) in [5.74, 6) is -0.511. The zero-order chi connectivity index (χ0) is 14.4. The molecule has 0 unspecified atom stereocenters. The highest BCUT2D eigenvalue weighted by molar-refractivity contribution is 6.71. The Morgan fingerprint density at radius 3 is 1.94 bits per heavy atom. The van der Waals surface area contributed by atoms with Crippen molar-refractivity contribution in [2.45, 2.75) is 45.2 Å². The van der Waals surface area contributed by atoms with E-state index < -0.39 is 26.2 Å². The molecule has 0 bridgehead atoms. The largest absolute Gasteiger partial charge is 0.467 e. The van der Waals surface area contributed by atoms with Crippen LogP contribution in [0.4, 0.5) is 0 Å². The van der Waals surface area contributed by atoms with Crippen molar-refractivity contribution < 1.29 is 18.4 Å². The van der Waals surface area contributed by atoms with Gasteiger partial charge in [-0.15, -0.1) is 0 Å². The van der Waals surface area contributed by atoms with Gasteiger partial charge in [-0.25, -0.2) is 4.79 Å². The van der Waals surface area contributed by atoms with Crippen molar-refractivity contribution >= 4 is 32.1 Å². The predicted octanol–water partition coefficient (Wildman–Crippen LogP) is 1.83. The van der Waals surface area contributed by atoms with Gasteiger partial charge in [0.15, 0.2) is 16.6 Å². The van der Waals surface area contributed by atoms with Crippen molar-refractivity contribution in [2.24, 2.45) is 0 Å². The van der Waals surface area contributed by atoms with Gasteiger partial charge in [-0.05, 0) is 39.3 Å². The van der Waals surface area contributed by atoms with E-state index in [0.29, 0.717) is 6.23 Å². The summed E-state index contributed by atoms with van der Waals surface area (Å²) in [5, 5.41) is 0. The van der Waals surface area contributed by atoms with Crippen LogP contribution in [0.1, 0.15) is 0 Å². The fraction of sp³-hybridized carbons (Fsp3) is 0.727. The maximum absolute atomic E-state index is 11.0. The van der Waals surface area contributed by atoms with Crippen molar-refractivity contribution in [3.63, 3.8) is 0 Å². The maximum atomic E-state index is 11.0. The van der Waals surface area contributed by atoms with Crippen LogP contribution in [0.3, 0.4) is 0 Å². The van der Waals surface area contributed by atoms with E-state index in [9.17, 15) is 4.79 Å². The van der Waals surface area contributed by atoms with E-state index in [2.05, 4.69) is 45.9 Å². The van der Waals surface area contributed by atoms with Crippen LogP contribution < -0.4 is 0 Å². The van der Waals surface area contributed by atoms with Gasteiger partial charge in [0.05, 0.1) is 6.23 Å². The topological polar surface area (TPSA) is 44.8 Å². The molecule has 0 saturated carbocycles. The average molecular weight is 307 g/mol. The van der Waals surface area contributed by atoms with Crippen LogP contribution in [0.2, 0.25) is 39.3 Å². The number of hydrogen-bond acceptors (Lipinski definition) is 4. The maximum Gasteiger partial charge on any atom is 0.329 e. The third kappa shape index (κ3) is 10.9. The molecule has 106 valence electrons. The molecule has 0 fully saturated rings. The molecule has 0 radical (unpaired) electrons. The highest BCUT2D eigenvalue weighted by Crippen LogP contribution is 2.13. The van der Waals surface area contributed by atoms with Gasteiger partial charge in [0, 0.05) is 6.08 Å². The predicted molar refractivity (Wildman–Crippen MR) is 82.4 cm³/mol. The van der Waals surface area contributed by atoms with Crippen molar-refractivity contribution in [3.8, 4) is 0 Å². The molecule has 7 heteroatoms. The molecule has 18 heavy (non-hydrogen) atoms. The Morgan fingerprint density at radius 2 is 1.61 bits per heavy atom. The van der Waals surface area contributed by atoms with Crippen LogP contribution in [-0.4, -0.2) is 44.3 Å².